The smallest absolute Gasteiger partial charge is 0.123 e. The highest BCUT2D eigenvalue weighted by atomic mass is 35.5. The van der Waals surface area contributed by atoms with Gasteiger partial charge in [-0.1, -0.05) is 26.0 Å². The van der Waals surface area contributed by atoms with Gasteiger partial charge in [-0.2, -0.15) is 0 Å². The molecule has 1 aliphatic rings. The van der Waals surface area contributed by atoms with E-state index in [2.05, 4.69) is 26.0 Å². The lowest BCUT2D eigenvalue weighted by Crippen LogP contribution is -2.14. The van der Waals surface area contributed by atoms with Crippen LogP contribution in [0, 0.1) is 5.92 Å². The maximum Gasteiger partial charge on any atom is 0.123 e. The van der Waals surface area contributed by atoms with E-state index in [1.54, 1.807) is 7.11 Å². The van der Waals surface area contributed by atoms with Gasteiger partial charge in [0.05, 0.1) is 7.11 Å². The third kappa shape index (κ3) is 3.14. The van der Waals surface area contributed by atoms with Crippen molar-refractivity contribution in [2.75, 3.05) is 7.11 Å². The first kappa shape index (κ1) is 14.3. The van der Waals surface area contributed by atoms with Gasteiger partial charge in [0.25, 0.3) is 0 Å². The van der Waals surface area contributed by atoms with E-state index in [1.807, 2.05) is 6.07 Å². The Hall–Kier alpha value is -0.730. The quantitative estimate of drug-likeness (QED) is 0.891. The SMILES string of the molecule is COc1ccc(C(C)C)cc1[C@@H](N)C1CC1.Cl. The van der Waals surface area contributed by atoms with Crippen LogP contribution in [0.4, 0.5) is 0 Å². The molecule has 0 unspecified atom stereocenters. The van der Waals surface area contributed by atoms with E-state index < -0.39 is 0 Å². The topological polar surface area (TPSA) is 35.2 Å². The van der Waals surface area contributed by atoms with E-state index in [-0.39, 0.29) is 18.4 Å². The van der Waals surface area contributed by atoms with Crippen LogP contribution in [0.15, 0.2) is 18.2 Å². The zero-order chi connectivity index (χ0) is 11.7. The first-order chi connectivity index (χ1) is 7.63. The predicted molar refractivity (Wildman–Crippen MR) is 74.0 cm³/mol. The van der Waals surface area contributed by atoms with Crippen molar-refractivity contribution >= 4 is 12.4 Å². The molecular formula is C14H22ClNO. The Balaban J connectivity index is 0.00000144. The Morgan fingerprint density at radius 3 is 2.41 bits per heavy atom. The molecule has 0 saturated heterocycles. The molecule has 0 spiro atoms. The first-order valence-electron chi connectivity index (χ1n) is 6.07. The molecular weight excluding hydrogens is 234 g/mol. The molecule has 3 heteroatoms. The number of rotatable bonds is 4. The molecule has 2 N–H and O–H groups in total. The maximum absolute atomic E-state index is 6.27. The van der Waals surface area contributed by atoms with E-state index in [4.69, 9.17) is 10.5 Å². The summed E-state index contributed by atoms with van der Waals surface area (Å²) in [6, 6.07) is 6.54. The van der Waals surface area contributed by atoms with E-state index >= 15 is 0 Å². The van der Waals surface area contributed by atoms with Crippen molar-refractivity contribution in [2.45, 2.75) is 38.6 Å². The minimum Gasteiger partial charge on any atom is -0.496 e. The molecule has 0 bridgehead atoms. The van der Waals surface area contributed by atoms with Gasteiger partial charge in [0.2, 0.25) is 0 Å². The minimum absolute atomic E-state index is 0. The van der Waals surface area contributed by atoms with Gasteiger partial charge >= 0.3 is 0 Å². The van der Waals surface area contributed by atoms with E-state index in [1.165, 1.54) is 24.0 Å². The second-order valence-corrected chi connectivity index (χ2v) is 5.02. The molecule has 0 amide bonds. The summed E-state index contributed by atoms with van der Waals surface area (Å²) in [7, 11) is 1.72. The minimum atomic E-state index is 0. The molecule has 1 atom stereocenters. The van der Waals surface area contributed by atoms with Gasteiger partial charge < -0.3 is 10.5 Å². The Morgan fingerprint density at radius 1 is 1.29 bits per heavy atom. The van der Waals surface area contributed by atoms with Crippen molar-refractivity contribution in [3.63, 3.8) is 0 Å². The average molecular weight is 256 g/mol. The van der Waals surface area contributed by atoms with Crippen molar-refractivity contribution in [1.82, 2.24) is 0 Å². The molecule has 0 radical (unpaired) electrons. The van der Waals surface area contributed by atoms with Crippen molar-refractivity contribution in [3.05, 3.63) is 29.3 Å². The van der Waals surface area contributed by atoms with Crippen LogP contribution in [0.5, 0.6) is 5.75 Å². The molecule has 1 fully saturated rings. The molecule has 2 rings (SSSR count). The summed E-state index contributed by atoms with van der Waals surface area (Å²) in [6.07, 6.45) is 2.52. The lowest BCUT2D eigenvalue weighted by Gasteiger charge is -2.17. The fourth-order valence-electron chi connectivity index (χ4n) is 2.08. The van der Waals surface area contributed by atoms with Crippen LogP contribution in [-0.4, -0.2) is 7.11 Å². The number of hydrogen-bond acceptors (Lipinski definition) is 2. The number of nitrogens with two attached hydrogens (primary N) is 1. The summed E-state index contributed by atoms with van der Waals surface area (Å²) < 4.78 is 5.40. The number of halogens is 1. The lowest BCUT2D eigenvalue weighted by atomic mass is 9.95. The largest absolute Gasteiger partial charge is 0.496 e. The fraction of sp³-hybridized carbons (Fsp3) is 0.571. The van der Waals surface area contributed by atoms with Crippen LogP contribution in [0.2, 0.25) is 0 Å². The molecule has 1 aromatic rings. The highest BCUT2D eigenvalue weighted by Crippen LogP contribution is 2.42. The zero-order valence-corrected chi connectivity index (χ0v) is 11.6. The molecule has 1 aliphatic carbocycles. The molecule has 96 valence electrons. The average Bonchev–Trinajstić information content (AvgIpc) is 3.11. The van der Waals surface area contributed by atoms with Crippen LogP contribution in [0.1, 0.15) is 49.8 Å². The molecule has 0 aliphatic heterocycles. The summed E-state index contributed by atoms with van der Waals surface area (Å²) in [5, 5.41) is 0. The predicted octanol–water partition coefficient (Wildman–Crippen LogP) is 3.65. The van der Waals surface area contributed by atoms with Gasteiger partial charge in [0, 0.05) is 11.6 Å². The highest BCUT2D eigenvalue weighted by Gasteiger charge is 2.31. The van der Waals surface area contributed by atoms with Crippen LogP contribution in [0.25, 0.3) is 0 Å². The Morgan fingerprint density at radius 2 is 1.94 bits per heavy atom. The van der Waals surface area contributed by atoms with Crippen LogP contribution in [0.3, 0.4) is 0 Å². The van der Waals surface area contributed by atoms with Gasteiger partial charge in [-0.15, -0.1) is 12.4 Å². The van der Waals surface area contributed by atoms with Gasteiger partial charge in [-0.25, -0.2) is 0 Å². The maximum atomic E-state index is 6.27. The Bertz CT molecular complexity index is 374. The molecule has 0 aromatic heterocycles. The van der Waals surface area contributed by atoms with Gasteiger partial charge in [-0.05, 0) is 36.3 Å². The number of methoxy groups -OCH3 is 1. The van der Waals surface area contributed by atoms with Crippen LogP contribution < -0.4 is 10.5 Å². The Labute approximate surface area is 110 Å². The van der Waals surface area contributed by atoms with E-state index in [9.17, 15) is 0 Å². The van der Waals surface area contributed by atoms with Crippen LogP contribution >= 0.6 is 12.4 Å². The molecule has 1 saturated carbocycles. The third-order valence-corrected chi connectivity index (χ3v) is 3.41. The van der Waals surface area contributed by atoms with Gasteiger partial charge in [0.1, 0.15) is 5.75 Å². The summed E-state index contributed by atoms with van der Waals surface area (Å²) in [4.78, 5) is 0. The number of benzene rings is 1. The second-order valence-electron chi connectivity index (χ2n) is 5.02. The molecule has 0 heterocycles. The van der Waals surface area contributed by atoms with Crippen molar-refractivity contribution < 1.29 is 4.74 Å². The standard InChI is InChI=1S/C14H21NO.ClH/c1-9(2)11-6-7-13(16-3)12(8-11)14(15)10-4-5-10;/h6-10,14H,4-5,15H2,1-3H3;1H/t14-;/m0./s1. The van der Waals surface area contributed by atoms with Crippen molar-refractivity contribution in [1.29, 1.82) is 0 Å². The normalized spacial score (nSPS) is 16.5. The first-order valence-corrected chi connectivity index (χ1v) is 6.07. The fourth-order valence-corrected chi connectivity index (χ4v) is 2.08. The molecule has 17 heavy (non-hydrogen) atoms. The molecule has 2 nitrogen and oxygen atoms in total. The van der Waals surface area contributed by atoms with E-state index in [0.717, 1.165) is 5.75 Å². The summed E-state index contributed by atoms with van der Waals surface area (Å²) in [5.41, 5.74) is 8.78. The monoisotopic (exact) mass is 255 g/mol. The van der Waals surface area contributed by atoms with Gasteiger partial charge in [-0.3, -0.25) is 0 Å². The zero-order valence-electron chi connectivity index (χ0n) is 10.8. The van der Waals surface area contributed by atoms with E-state index in [0.29, 0.717) is 11.8 Å². The second kappa shape index (κ2) is 5.74. The highest BCUT2D eigenvalue weighted by molar-refractivity contribution is 5.85. The van der Waals surface area contributed by atoms with Crippen molar-refractivity contribution in [2.24, 2.45) is 11.7 Å². The van der Waals surface area contributed by atoms with Gasteiger partial charge in [0.15, 0.2) is 0 Å². The summed E-state index contributed by atoms with van der Waals surface area (Å²) in [5.74, 6) is 2.14. The third-order valence-electron chi connectivity index (χ3n) is 3.41. The molecule has 1 aromatic carbocycles. The number of hydrogen-bond donors (Lipinski definition) is 1. The van der Waals surface area contributed by atoms with Crippen LogP contribution in [-0.2, 0) is 0 Å². The summed E-state index contributed by atoms with van der Waals surface area (Å²) >= 11 is 0. The van der Waals surface area contributed by atoms with Crippen molar-refractivity contribution in [3.8, 4) is 5.75 Å². The lowest BCUT2D eigenvalue weighted by molar-refractivity contribution is 0.402. The summed E-state index contributed by atoms with van der Waals surface area (Å²) in [6.45, 7) is 4.41. The Kier molecular flexibility index (Phi) is 4.84. The number of ether oxygens (including phenoxy) is 1.